The SMILES string of the molecule is CC(C)CNCc1n[nH]c2c1CCC2. The van der Waals surface area contributed by atoms with Gasteiger partial charge in [0, 0.05) is 12.2 Å². The predicted octanol–water partition coefficient (Wildman–Crippen LogP) is 1.64. The molecular formula is C11H19N3. The third-order valence-electron chi connectivity index (χ3n) is 2.74. The molecule has 2 N–H and O–H groups in total. The Morgan fingerprint density at radius 3 is 3.07 bits per heavy atom. The van der Waals surface area contributed by atoms with E-state index in [1.807, 2.05) is 0 Å². The molecule has 0 aliphatic heterocycles. The van der Waals surface area contributed by atoms with Crippen LogP contribution in [-0.4, -0.2) is 16.7 Å². The number of nitrogens with zero attached hydrogens (tertiary/aromatic N) is 1. The molecule has 1 aromatic heterocycles. The quantitative estimate of drug-likeness (QED) is 0.763. The zero-order valence-electron chi connectivity index (χ0n) is 9.06. The number of fused-ring (bicyclic) bond motifs is 1. The van der Waals surface area contributed by atoms with Crippen molar-refractivity contribution in [1.82, 2.24) is 15.5 Å². The molecule has 0 unspecified atom stereocenters. The number of nitrogens with one attached hydrogen (secondary N) is 2. The van der Waals surface area contributed by atoms with Crippen LogP contribution in [0.5, 0.6) is 0 Å². The van der Waals surface area contributed by atoms with Gasteiger partial charge in [-0.3, -0.25) is 5.10 Å². The van der Waals surface area contributed by atoms with E-state index in [-0.39, 0.29) is 0 Å². The molecule has 78 valence electrons. The first kappa shape index (κ1) is 9.71. The molecule has 1 aliphatic rings. The average molecular weight is 193 g/mol. The van der Waals surface area contributed by atoms with E-state index in [0.29, 0.717) is 5.92 Å². The maximum absolute atomic E-state index is 4.35. The smallest absolute Gasteiger partial charge is 0.0794 e. The first-order chi connectivity index (χ1) is 6.77. The fourth-order valence-electron chi connectivity index (χ4n) is 2.01. The minimum Gasteiger partial charge on any atom is -0.311 e. The fraction of sp³-hybridized carbons (Fsp3) is 0.727. The Morgan fingerprint density at radius 1 is 1.43 bits per heavy atom. The number of H-pyrrole nitrogens is 1. The van der Waals surface area contributed by atoms with Gasteiger partial charge in [0.15, 0.2) is 0 Å². The summed E-state index contributed by atoms with van der Waals surface area (Å²) in [7, 11) is 0. The van der Waals surface area contributed by atoms with Gasteiger partial charge in [-0.05, 0) is 37.3 Å². The van der Waals surface area contributed by atoms with Crippen LogP contribution in [0.3, 0.4) is 0 Å². The van der Waals surface area contributed by atoms with Gasteiger partial charge in [0.2, 0.25) is 0 Å². The van der Waals surface area contributed by atoms with Crippen molar-refractivity contribution in [2.24, 2.45) is 5.92 Å². The third-order valence-corrected chi connectivity index (χ3v) is 2.74. The van der Waals surface area contributed by atoms with Crippen molar-refractivity contribution in [3.05, 3.63) is 17.0 Å². The Hall–Kier alpha value is -0.830. The summed E-state index contributed by atoms with van der Waals surface area (Å²) in [6.45, 7) is 6.44. The molecule has 0 saturated carbocycles. The molecule has 3 nitrogen and oxygen atoms in total. The van der Waals surface area contributed by atoms with E-state index in [1.54, 1.807) is 0 Å². The number of aromatic nitrogens is 2. The van der Waals surface area contributed by atoms with E-state index in [1.165, 1.54) is 36.2 Å². The Bertz CT molecular complexity index is 301. The summed E-state index contributed by atoms with van der Waals surface area (Å²) in [5.74, 6) is 0.710. The minimum atomic E-state index is 0.710. The summed E-state index contributed by atoms with van der Waals surface area (Å²) in [6, 6.07) is 0. The first-order valence-electron chi connectivity index (χ1n) is 5.53. The van der Waals surface area contributed by atoms with E-state index in [4.69, 9.17) is 0 Å². The molecular weight excluding hydrogens is 174 g/mol. The first-order valence-corrected chi connectivity index (χ1v) is 5.53. The average Bonchev–Trinajstić information content (AvgIpc) is 2.67. The molecule has 2 rings (SSSR count). The van der Waals surface area contributed by atoms with Crippen LogP contribution < -0.4 is 5.32 Å². The van der Waals surface area contributed by atoms with Crippen molar-refractivity contribution in [3.8, 4) is 0 Å². The second-order valence-electron chi connectivity index (χ2n) is 4.51. The van der Waals surface area contributed by atoms with Gasteiger partial charge < -0.3 is 5.32 Å². The summed E-state index contributed by atoms with van der Waals surface area (Å²) < 4.78 is 0. The summed E-state index contributed by atoms with van der Waals surface area (Å²) in [5, 5.41) is 10.9. The third kappa shape index (κ3) is 1.98. The van der Waals surface area contributed by atoms with Gasteiger partial charge in [-0.1, -0.05) is 13.8 Å². The fourth-order valence-corrected chi connectivity index (χ4v) is 2.01. The molecule has 0 aromatic carbocycles. The van der Waals surface area contributed by atoms with E-state index in [0.717, 1.165) is 13.1 Å². The molecule has 0 radical (unpaired) electrons. The van der Waals surface area contributed by atoms with Crippen LogP contribution in [0.4, 0.5) is 0 Å². The Labute approximate surface area is 85.3 Å². The van der Waals surface area contributed by atoms with Gasteiger partial charge in [-0.2, -0.15) is 5.10 Å². The summed E-state index contributed by atoms with van der Waals surface area (Å²) in [6.07, 6.45) is 3.69. The van der Waals surface area contributed by atoms with Gasteiger partial charge in [0.25, 0.3) is 0 Å². The highest BCUT2D eigenvalue weighted by Gasteiger charge is 2.17. The number of rotatable bonds is 4. The van der Waals surface area contributed by atoms with Gasteiger partial charge in [0.05, 0.1) is 5.69 Å². The van der Waals surface area contributed by atoms with E-state index >= 15 is 0 Å². The van der Waals surface area contributed by atoms with E-state index in [9.17, 15) is 0 Å². The lowest BCUT2D eigenvalue weighted by Gasteiger charge is -2.06. The van der Waals surface area contributed by atoms with Crippen molar-refractivity contribution in [3.63, 3.8) is 0 Å². The standard InChI is InChI=1S/C11H19N3/c1-8(2)6-12-7-11-9-4-3-5-10(9)13-14-11/h8,12H,3-7H2,1-2H3,(H,13,14). The van der Waals surface area contributed by atoms with Gasteiger partial charge in [-0.25, -0.2) is 0 Å². The number of aromatic amines is 1. The second kappa shape index (κ2) is 4.13. The van der Waals surface area contributed by atoms with Crippen LogP contribution in [0.25, 0.3) is 0 Å². The van der Waals surface area contributed by atoms with Gasteiger partial charge in [-0.15, -0.1) is 0 Å². The predicted molar refractivity (Wildman–Crippen MR) is 57.2 cm³/mol. The van der Waals surface area contributed by atoms with Crippen LogP contribution in [0, 0.1) is 5.92 Å². The molecule has 0 saturated heterocycles. The zero-order chi connectivity index (χ0) is 9.97. The van der Waals surface area contributed by atoms with Crippen LogP contribution in [0.1, 0.15) is 37.2 Å². The Kier molecular flexibility index (Phi) is 2.87. The molecule has 0 bridgehead atoms. The molecule has 3 heteroatoms. The molecule has 14 heavy (non-hydrogen) atoms. The summed E-state index contributed by atoms with van der Waals surface area (Å²) in [4.78, 5) is 0. The lowest BCUT2D eigenvalue weighted by molar-refractivity contribution is 0.546. The number of hydrogen-bond donors (Lipinski definition) is 2. The lowest BCUT2D eigenvalue weighted by Crippen LogP contribution is -2.19. The largest absolute Gasteiger partial charge is 0.311 e. The van der Waals surface area contributed by atoms with E-state index < -0.39 is 0 Å². The molecule has 1 aromatic rings. The van der Waals surface area contributed by atoms with E-state index in [2.05, 4.69) is 29.4 Å². The molecule has 0 atom stereocenters. The highest BCUT2D eigenvalue weighted by Crippen LogP contribution is 2.22. The second-order valence-corrected chi connectivity index (χ2v) is 4.51. The summed E-state index contributed by atoms with van der Waals surface area (Å²) >= 11 is 0. The monoisotopic (exact) mass is 193 g/mol. The van der Waals surface area contributed by atoms with Crippen LogP contribution in [-0.2, 0) is 19.4 Å². The Morgan fingerprint density at radius 2 is 2.29 bits per heavy atom. The maximum atomic E-state index is 4.35. The van der Waals surface area contributed by atoms with Crippen molar-refractivity contribution in [2.75, 3.05) is 6.54 Å². The number of aryl methyl sites for hydroxylation is 1. The van der Waals surface area contributed by atoms with Crippen LogP contribution in [0.15, 0.2) is 0 Å². The molecule has 0 spiro atoms. The van der Waals surface area contributed by atoms with Gasteiger partial charge >= 0.3 is 0 Å². The van der Waals surface area contributed by atoms with Crippen molar-refractivity contribution in [2.45, 2.75) is 39.7 Å². The summed E-state index contributed by atoms with van der Waals surface area (Å²) in [5.41, 5.74) is 4.07. The van der Waals surface area contributed by atoms with Gasteiger partial charge in [0.1, 0.15) is 0 Å². The Balaban J connectivity index is 1.90. The van der Waals surface area contributed by atoms with Crippen LogP contribution >= 0.6 is 0 Å². The van der Waals surface area contributed by atoms with Crippen molar-refractivity contribution < 1.29 is 0 Å². The topological polar surface area (TPSA) is 40.7 Å². The maximum Gasteiger partial charge on any atom is 0.0794 e. The number of hydrogen-bond acceptors (Lipinski definition) is 2. The lowest BCUT2D eigenvalue weighted by atomic mass is 10.2. The molecule has 0 amide bonds. The minimum absolute atomic E-state index is 0.710. The highest BCUT2D eigenvalue weighted by molar-refractivity contribution is 5.29. The normalized spacial score (nSPS) is 15.1. The highest BCUT2D eigenvalue weighted by atomic mass is 15.1. The van der Waals surface area contributed by atoms with Crippen molar-refractivity contribution in [1.29, 1.82) is 0 Å². The van der Waals surface area contributed by atoms with Crippen LogP contribution in [0.2, 0.25) is 0 Å². The molecule has 1 heterocycles. The molecule has 0 fully saturated rings. The zero-order valence-corrected chi connectivity index (χ0v) is 9.06. The molecule has 1 aliphatic carbocycles. The van der Waals surface area contributed by atoms with Crippen molar-refractivity contribution >= 4 is 0 Å².